The Morgan fingerprint density at radius 3 is 2.69 bits per heavy atom. The predicted molar refractivity (Wildman–Crippen MR) is 65.2 cm³/mol. The Kier molecular flexibility index (Phi) is 2.76. The fourth-order valence-electron chi connectivity index (χ4n) is 1.67. The van der Waals surface area contributed by atoms with Crippen LogP contribution in [0.5, 0.6) is 5.75 Å². The van der Waals surface area contributed by atoms with Crippen LogP contribution in [0.1, 0.15) is 23.0 Å². The molecule has 1 heterocycles. The number of hydrogen-bond acceptors (Lipinski definition) is 3. The molecule has 1 aromatic carbocycles. The lowest BCUT2D eigenvalue weighted by Crippen LogP contribution is -1.95. The van der Waals surface area contributed by atoms with E-state index in [2.05, 4.69) is 15.9 Å². The zero-order valence-corrected chi connectivity index (χ0v) is 10.8. The van der Waals surface area contributed by atoms with Gasteiger partial charge in [-0.05, 0) is 41.9 Å². The van der Waals surface area contributed by atoms with Crippen molar-refractivity contribution in [3.05, 3.63) is 27.9 Å². The molecule has 0 N–H and O–H groups in total. The SMILES string of the molecule is COc1cc(C(C)=O)c(Br)c2cc(C)oc12. The molecule has 0 amide bonds. The molecule has 0 aliphatic carbocycles. The van der Waals surface area contributed by atoms with Crippen molar-refractivity contribution in [3.8, 4) is 5.75 Å². The number of Topliss-reactive ketones (excluding diaryl/α,β-unsaturated/α-hetero) is 1. The highest BCUT2D eigenvalue weighted by Crippen LogP contribution is 2.37. The molecule has 0 radical (unpaired) electrons. The molecule has 0 fully saturated rings. The van der Waals surface area contributed by atoms with Crippen molar-refractivity contribution in [1.29, 1.82) is 0 Å². The van der Waals surface area contributed by atoms with Gasteiger partial charge in [-0.3, -0.25) is 4.79 Å². The van der Waals surface area contributed by atoms with Crippen molar-refractivity contribution >= 4 is 32.7 Å². The average Bonchev–Trinajstić information content (AvgIpc) is 2.60. The van der Waals surface area contributed by atoms with Crippen molar-refractivity contribution in [3.63, 3.8) is 0 Å². The fourth-order valence-corrected chi connectivity index (χ4v) is 2.36. The van der Waals surface area contributed by atoms with E-state index in [9.17, 15) is 4.79 Å². The van der Waals surface area contributed by atoms with E-state index < -0.39 is 0 Å². The molecule has 0 atom stereocenters. The van der Waals surface area contributed by atoms with Crippen LogP contribution < -0.4 is 4.74 Å². The molecule has 0 saturated carbocycles. The van der Waals surface area contributed by atoms with Gasteiger partial charge in [0.15, 0.2) is 17.1 Å². The molecule has 4 heteroatoms. The summed E-state index contributed by atoms with van der Waals surface area (Å²) in [5.41, 5.74) is 1.27. The number of fused-ring (bicyclic) bond motifs is 1. The highest BCUT2D eigenvalue weighted by Gasteiger charge is 2.16. The van der Waals surface area contributed by atoms with E-state index in [4.69, 9.17) is 9.15 Å². The minimum absolute atomic E-state index is 0.00840. The first-order chi connectivity index (χ1) is 7.54. The van der Waals surface area contributed by atoms with Crippen LogP contribution in [0.15, 0.2) is 21.0 Å². The number of carbonyl (C=O) groups is 1. The highest BCUT2D eigenvalue weighted by atomic mass is 79.9. The van der Waals surface area contributed by atoms with Crippen LogP contribution in [0.4, 0.5) is 0 Å². The lowest BCUT2D eigenvalue weighted by molar-refractivity contribution is 0.101. The van der Waals surface area contributed by atoms with E-state index in [1.807, 2.05) is 13.0 Å². The lowest BCUT2D eigenvalue weighted by Gasteiger charge is -2.06. The monoisotopic (exact) mass is 282 g/mol. The molecule has 2 aromatic rings. The number of benzene rings is 1. The standard InChI is InChI=1S/C12H11BrO3/c1-6-4-9-11(13)8(7(2)14)5-10(15-3)12(9)16-6/h4-5H,1-3H3. The third-order valence-electron chi connectivity index (χ3n) is 2.43. The average molecular weight is 283 g/mol. The maximum Gasteiger partial charge on any atom is 0.177 e. The van der Waals surface area contributed by atoms with Gasteiger partial charge in [-0.15, -0.1) is 0 Å². The molecular weight excluding hydrogens is 272 g/mol. The van der Waals surface area contributed by atoms with Crippen molar-refractivity contribution in [2.75, 3.05) is 7.11 Å². The fraction of sp³-hybridized carbons (Fsp3) is 0.250. The number of halogens is 1. The smallest absolute Gasteiger partial charge is 0.177 e. The molecule has 2 rings (SSSR count). The van der Waals surface area contributed by atoms with E-state index >= 15 is 0 Å². The summed E-state index contributed by atoms with van der Waals surface area (Å²) in [6, 6.07) is 3.58. The van der Waals surface area contributed by atoms with Gasteiger partial charge in [-0.1, -0.05) is 0 Å². The quantitative estimate of drug-likeness (QED) is 0.788. The third kappa shape index (κ3) is 1.63. The summed E-state index contributed by atoms with van der Waals surface area (Å²) in [6.45, 7) is 3.39. The van der Waals surface area contributed by atoms with Crippen molar-refractivity contribution in [2.45, 2.75) is 13.8 Å². The molecule has 0 bridgehead atoms. The molecule has 1 aromatic heterocycles. The van der Waals surface area contributed by atoms with Gasteiger partial charge in [-0.2, -0.15) is 0 Å². The minimum Gasteiger partial charge on any atom is -0.493 e. The van der Waals surface area contributed by atoms with Gasteiger partial charge in [0.1, 0.15) is 5.76 Å². The predicted octanol–water partition coefficient (Wildman–Crippen LogP) is 3.71. The van der Waals surface area contributed by atoms with Crippen LogP contribution in [0.3, 0.4) is 0 Å². The van der Waals surface area contributed by atoms with Crippen LogP contribution >= 0.6 is 15.9 Å². The molecule has 16 heavy (non-hydrogen) atoms. The van der Waals surface area contributed by atoms with Gasteiger partial charge in [0.2, 0.25) is 0 Å². The Balaban J connectivity index is 2.87. The maximum absolute atomic E-state index is 11.5. The molecule has 0 spiro atoms. The number of methoxy groups -OCH3 is 1. The van der Waals surface area contributed by atoms with Crippen LogP contribution in [-0.4, -0.2) is 12.9 Å². The van der Waals surface area contributed by atoms with Crippen LogP contribution in [-0.2, 0) is 0 Å². The van der Waals surface area contributed by atoms with Crippen molar-refractivity contribution in [1.82, 2.24) is 0 Å². The second kappa shape index (κ2) is 3.94. The summed E-state index contributed by atoms with van der Waals surface area (Å²) < 4.78 is 11.5. The first-order valence-corrected chi connectivity index (χ1v) is 5.61. The van der Waals surface area contributed by atoms with E-state index in [1.165, 1.54) is 6.92 Å². The highest BCUT2D eigenvalue weighted by molar-refractivity contribution is 9.10. The van der Waals surface area contributed by atoms with E-state index in [0.29, 0.717) is 16.9 Å². The van der Waals surface area contributed by atoms with E-state index in [0.717, 1.165) is 15.6 Å². The number of hydrogen-bond donors (Lipinski definition) is 0. The number of carbonyl (C=O) groups excluding carboxylic acids is 1. The summed E-state index contributed by atoms with van der Waals surface area (Å²) in [6.07, 6.45) is 0. The van der Waals surface area contributed by atoms with Gasteiger partial charge < -0.3 is 9.15 Å². The molecule has 0 aliphatic rings. The zero-order valence-electron chi connectivity index (χ0n) is 9.26. The first-order valence-electron chi connectivity index (χ1n) is 4.82. The Morgan fingerprint density at radius 2 is 2.12 bits per heavy atom. The first kappa shape index (κ1) is 11.2. The van der Waals surface area contributed by atoms with Gasteiger partial charge in [-0.25, -0.2) is 0 Å². The summed E-state index contributed by atoms with van der Waals surface area (Å²) >= 11 is 3.42. The molecule has 0 saturated heterocycles. The Bertz CT molecular complexity index is 569. The van der Waals surface area contributed by atoms with Crippen LogP contribution in [0.25, 0.3) is 11.0 Å². The Hall–Kier alpha value is -1.29. The lowest BCUT2D eigenvalue weighted by atomic mass is 10.1. The third-order valence-corrected chi connectivity index (χ3v) is 3.28. The summed E-state index contributed by atoms with van der Waals surface area (Å²) in [7, 11) is 1.56. The van der Waals surface area contributed by atoms with E-state index in [1.54, 1.807) is 13.2 Å². The Labute approximate surface area is 102 Å². The minimum atomic E-state index is -0.00840. The van der Waals surface area contributed by atoms with Crippen molar-refractivity contribution < 1.29 is 13.9 Å². The summed E-state index contributed by atoms with van der Waals surface area (Å²) in [5.74, 6) is 1.36. The zero-order chi connectivity index (χ0) is 11.9. The second-order valence-corrected chi connectivity index (χ2v) is 4.39. The van der Waals surface area contributed by atoms with E-state index in [-0.39, 0.29) is 5.78 Å². The van der Waals surface area contributed by atoms with Gasteiger partial charge in [0, 0.05) is 15.4 Å². The molecular formula is C12H11BrO3. The van der Waals surface area contributed by atoms with Gasteiger partial charge in [0.05, 0.1) is 7.11 Å². The molecule has 0 unspecified atom stereocenters. The topological polar surface area (TPSA) is 39.4 Å². The number of ketones is 1. The van der Waals surface area contributed by atoms with Crippen molar-refractivity contribution in [2.24, 2.45) is 0 Å². The summed E-state index contributed by atoms with van der Waals surface area (Å²) in [5, 5.41) is 0.863. The normalized spacial score (nSPS) is 10.8. The second-order valence-electron chi connectivity index (χ2n) is 3.60. The number of ether oxygens (including phenoxy) is 1. The number of aryl methyl sites for hydroxylation is 1. The number of furan rings is 1. The Morgan fingerprint density at radius 1 is 1.44 bits per heavy atom. The van der Waals surface area contributed by atoms with Gasteiger partial charge >= 0.3 is 0 Å². The largest absolute Gasteiger partial charge is 0.493 e. The summed E-state index contributed by atoms with van der Waals surface area (Å²) in [4.78, 5) is 11.5. The number of rotatable bonds is 2. The molecule has 84 valence electrons. The molecule has 3 nitrogen and oxygen atoms in total. The molecule has 0 aliphatic heterocycles. The van der Waals surface area contributed by atoms with Crippen LogP contribution in [0, 0.1) is 6.92 Å². The van der Waals surface area contributed by atoms with Gasteiger partial charge in [0.25, 0.3) is 0 Å². The maximum atomic E-state index is 11.5. The van der Waals surface area contributed by atoms with Crippen LogP contribution in [0.2, 0.25) is 0 Å².